The fourth-order valence-corrected chi connectivity index (χ4v) is 4.85. The molecular weight excluding hydrogens is 524 g/mol. The maximum absolute atomic E-state index is 14.0. The maximum atomic E-state index is 14.0. The van der Waals surface area contributed by atoms with E-state index < -0.39 is 37.6 Å². The van der Waals surface area contributed by atoms with E-state index in [0.717, 1.165) is 18.2 Å². The van der Waals surface area contributed by atoms with Crippen LogP contribution in [0.25, 0.3) is 0 Å². The molecule has 1 aliphatic rings. The molecule has 1 aromatic heterocycles. The molecule has 1 aliphatic heterocycles. The number of ether oxygens (including phenoxy) is 1. The Labute approximate surface area is 199 Å². The van der Waals surface area contributed by atoms with E-state index in [9.17, 15) is 22.4 Å². The van der Waals surface area contributed by atoms with Crippen LogP contribution in [0.4, 0.5) is 23.5 Å². The summed E-state index contributed by atoms with van der Waals surface area (Å²) in [5.74, 6) is -3.60. The van der Waals surface area contributed by atoms with Gasteiger partial charge in [0.2, 0.25) is 16.6 Å². The van der Waals surface area contributed by atoms with Crippen LogP contribution in [-0.4, -0.2) is 41.9 Å². The Kier molecular flexibility index (Phi) is 8.33. The SMILES string of the molecule is C[Si-](C)(C)CCOCn1nc(Br)nc1N1CCCC(Cc2ccc(F)c(F)c2C(F)F)C1=O. The molecular formula is C21H27BrF4N4O2Si-. The quantitative estimate of drug-likeness (QED) is 0.233. The largest absolute Gasteiger partial charge is 0.362 e. The molecule has 12 heteroatoms. The van der Waals surface area contributed by atoms with Crippen LogP contribution < -0.4 is 4.90 Å². The third-order valence-electron chi connectivity index (χ3n) is 5.53. The van der Waals surface area contributed by atoms with E-state index in [1.807, 2.05) is 0 Å². The standard InChI is InChI=1S/C21H27BrF4N4O2Si/c1-33(2,3)10-9-32-12-30-21(27-20(22)28-30)29-8-4-5-14(19(29)31)11-13-6-7-15(23)17(24)16(13)18(25)26/h6-7,14,18H,4-5,8-12H2,1-3H3/q-1. The summed E-state index contributed by atoms with van der Waals surface area (Å²) in [5.41, 5.74) is -1.05. The molecule has 6 nitrogen and oxygen atoms in total. The van der Waals surface area contributed by atoms with Gasteiger partial charge in [-0.2, -0.15) is 24.6 Å². The number of carbonyl (C=O) groups is 1. The molecule has 0 spiro atoms. The summed E-state index contributed by atoms with van der Waals surface area (Å²) in [4.78, 5) is 19.0. The fraction of sp³-hybridized carbons (Fsp3) is 0.571. The van der Waals surface area contributed by atoms with Crippen LogP contribution in [-0.2, 0) is 22.7 Å². The number of rotatable bonds is 9. The normalized spacial score (nSPS) is 17.3. The molecule has 1 aromatic carbocycles. The van der Waals surface area contributed by atoms with Crippen LogP contribution in [0.2, 0.25) is 25.7 Å². The number of nitrogens with zero attached hydrogens (tertiary/aromatic N) is 4. The van der Waals surface area contributed by atoms with Crippen molar-refractivity contribution in [1.29, 1.82) is 0 Å². The third kappa shape index (κ3) is 6.42. The second-order valence-corrected chi connectivity index (χ2v) is 15.6. The highest BCUT2D eigenvalue weighted by Gasteiger charge is 2.34. The molecule has 183 valence electrons. The fourth-order valence-electron chi connectivity index (χ4n) is 3.75. The average molecular weight is 551 g/mol. The smallest absolute Gasteiger partial charge is 0.267 e. The summed E-state index contributed by atoms with van der Waals surface area (Å²) in [6, 6.07) is 2.91. The Hall–Kier alpha value is -1.79. The van der Waals surface area contributed by atoms with Crippen LogP contribution in [0.1, 0.15) is 30.4 Å². The van der Waals surface area contributed by atoms with Crippen LogP contribution in [0, 0.1) is 17.6 Å². The summed E-state index contributed by atoms with van der Waals surface area (Å²) < 4.78 is 61.8. The lowest BCUT2D eigenvalue weighted by atomic mass is 9.88. The molecule has 2 heterocycles. The molecule has 1 atom stereocenters. The average Bonchev–Trinajstić information content (AvgIpc) is 3.09. The highest BCUT2D eigenvalue weighted by molar-refractivity contribution is 9.10. The van der Waals surface area contributed by atoms with Gasteiger partial charge in [0, 0.05) is 19.1 Å². The van der Waals surface area contributed by atoms with E-state index in [4.69, 9.17) is 4.74 Å². The zero-order valence-electron chi connectivity index (χ0n) is 18.8. The number of hydrogen-bond donors (Lipinski definition) is 0. The van der Waals surface area contributed by atoms with Crippen LogP contribution in [0.15, 0.2) is 16.9 Å². The lowest BCUT2D eigenvalue weighted by Gasteiger charge is -2.32. The van der Waals surface area contributed by atoms with Gasteiger partial charge in [-0.1, -0.05) is 6.07 Å². The summed E-state index contributed by atoms with van der Waals surface area (Å²) in [5, 5.41) is 4.25. The van der Waals surface area contributed by atoms with Crippen molar-refractivity contribution in [3.05, 3.63) is 39.6 Å². The number of carbonyl (C=O) groups excluding carboxylic acids is 1. The molecule has 0 saturated carbocycles. The van der Waals surface area contributed by atoms with Gasteiger partial charge in [-0.25, -0.2) is 22.2 Å². The number of anilines is 1. The van der Waals surface area contributed by atoms with Gasteiger partial charge in [-0.05, 0) is 46.8 Å². The first kappa shape index (κ1) is 25.8. The van der Waals surface area contributed by atoms with Crippen molar-refractivity contribution < 1.29 is 27.1 Å². The van der Waals surface area contributed by atoms with E-state index in [1.54, 1.807) is 0 Å². The summed E-state index contributed by atoms with van der Waals surface area (Å²) in [7, 11) is -1.26. The first-order valence-electron chi connectivity index (χ1n) is 10.7. The Bertz CT molecular complexity index is 999. The third-order valence-corrected chi connectivity index (χ3v) is 7.57. The van der Waals surface area contributed by atoms with Crippen molar-refractivity contribution in [3.8, 4) is 0 Å². The van der Waals surface area contributed by atoms with Crippen molar-refractivity contribution in [2.24, 2.45) is 5.92 Å². The second-order valence-electron chi connectivity index (χ2n) is 9.30. The first-order chi connectivity index (χ1) is 15.5. The lowest BCUT2D eigenvalue weighted by Crippen LogP contribution is -2.43. The molecule has 0 N–H and O–H groups in total. The highest BCUT2D eigenvalue weighted by Crippen LogP contribution is 2.32. The molecule has 3 rings (SSSR count). The Morgan fingerprint density at radius 3 is 2.67 bits per heavy atom. The maximum Gasteiger partial charge on any atom is 0.267 e. The van der Waals surface area contributed by atoms with E-state index in [0.29, 0.717) is 36.7 Å². The van der Waals surface area contributed by atoms with Gasteiger partial charge in [-0.3, -0.25) is 9.69 Å². The summed E-state index contributed by atoms with van der Waals surface area (Å²) in [6.45, 7) is 7.79. The van der Waals surface area contributed by atoms with Crippen LogP contribution in [0.3, 0.4) is 0 Å². The topological polar surface area (TPSA) is 60.2 Å². The Balaban J connectivity index is 1.76. The first-order valence-corrected chi connectivity index (χ1v) is 15.2. The Morgan fingerprint density at radius 2 is 2.00 bits per heavy atom. The summed E-state index contributed by atoms with van der Waals surface area (Å²) in [6.07, 6.45) is -2.25. The van der Waals surface area contributed by atoms with Crippen molar-refractivity contribution >= 4 is 35.9 Å². The minimum absolute atomic E-state index is 0.0681. The molecule has 1 saturated heterocycles. The van der Waals surface area contributed by atoms with Gasteiger partial charge < -0.3 is 4.74 Å². The zero-order valence-corrected chi connectivity index (χ0v) is 21.3. The van der Waals surface area contributed by atoms with Crippen molar-refractivity contribution in [3.63, 3.8) is 0 Å². The minimum atomic E-state index is -3.18. The molecule has 0 radical (unpaired) electrons. The number of hydrogen-bond acceptors (Lipinski definition) is 4. The molecule has 1 unspecified atom stereocenters. The summed E-state index contributed by atoms with van der Waals surface area (Å²) >= 11 is 3.23. The molecule has 1 fully saturated rings. The molecule has 33 heavy (non-hydrogen) atoms. The monoisotopic (exact) mass is 550 g/mol. The van der Waals surface area contributed by atoms with Crippen molar-refractivity contribution in [2.45, 2.75) is 58.1 Å². The molecule has 0 aliphatic carbocycles. The van der Waals surface area contributed by atoms with E-state index in [1.165, 1.54) is 9.58 Å². The lowest BCUT2D eigenvalue weighted by molar-refractivity contribution is -0.123. The molecule has 0 bridgehead atoms. The van der Waals surface area contributed by atoms with Gasteiger partial charge in [0.1, 0.15) is 6.73 Å². The number of halogens is 5. The van der Waals surface area contributed by atoms with E-state index in [-0.39, 0.29) is 24.6 Å². The number of alkyl halides is 2. The predicted octanol–water partition coefficient (Wildman–Crippen LogP) is 5.55. The predicted molar refractivity (Wildman–Crippen MR) is 122 cm³/mol. The van der Waals surface area contributed by atoms with Gasteiger partial charge in [0.25, 0.3) is 6.43 Å². The number of piperidine rings is 1. The highest BCUT2D eigenvalue weighted by atomic mass is 79.9. The van der Waals surface area contributed by atoms with Gasteiger partial charge in [-0.15, -0.1) is 19.2 Å². The Morgan fingerprint density at radius 1 is 1.27 bits per heavy atom. The number of amides is 1. The van der Waals surface area contributed by atoms with E-state index >= 15 is 0 Å². The van der Waals surface area contributed by atoms with Crippen molar-refractivity contribution in [2.75, 3.05) is 18.1 Å². The van der Waals surface area contributed by atoms with Crippen LogP contribution in [0.5, 0.6) is 0 Å². The van der Waals surface area contributed by atoms with Crippen LogP contribution >= 0.6 is 15.9 Å². The van der Waals surface area contributed by atoms with Gasteiger partial charge in [0.15, 0.2) is 11.6 Å². The molecule has 1 amide bonds. The van der Waals surface area contributed by atoms with E-state index in [2.05, 4.69) is 45.7 Å². The second kappa shape index (κ2) is 10.6. The van der Waals surface area contributed by atoms with Crippen molar-refractivity contribution in [1.82, 2.24) is 14.8 Å². The zero-order chi connectivity index (χ0) is 24.3. The van der Waals surface area contributed by atoms with Gasteiger partial charge in [0.05, 0.1) is 5.56 Å². The minimum Gasteiger partial charge on any atom is -0.362 e. The number of aromatic nitrogens is 3. The number of benzene rings is 1. The van der Waals surface area contributed by atoms with Gasteiger partial charge >= 0.3 is 0 Å². The molecule has 2 aromatic rings.